The Balaban J connectivity index is 4.78. The van der Waals surface area contributed by atoms with E-state index in [0.717, 1.165) is 17.6 Å². The van der Waals surface area contributed by atoms with Crippen LogP contribution >= 0.6 is 0 Å². The molecule has 2 N–H and O–H groups in total. The zero-order valence-electron chi connectivity index (χ0n) is 7.93. The third-order valence-corrected chi connectivity index (χ3v) is 1.51. The lowest BCUT2D eigenvalue weighted by molar-refractivity contribution is 1.21. The Morgan fingerprint density at radius 2 is 2.08 bits per heavy atom. The Bertz CT molecular complexity index is 231. The molecule has 0 aliphatic heterocycles. The van der Waals surface area contributed by atoms with Crippen molar-refractivity contribution in [2.45, 2.75) is 20.3 Å². The van der Waals surface area contributed by atoms with Gasteiger partial charge in [0.25, 0.3) is 0 Å². The Hall–Kier alpha value is -1.24. The second kappa shape index (κ2) is 5.42. The van der Waals surface area contributed by atoms with Crippen molar-refractivity contribution >= 4 is 0 Å². The summed E-state index contributed by atoms with van der Waals surface area (Å²) in [7, 11) is 0. The van der Waals surface area contributed by atoms with Crippen molar-refractivity contribution in [2.75, 3.05) is 0 Å². The van der Waals surface area contributed by atoms with E-state index in [1.807, 2.05) is 13.0 Å². The smallest absolute Gasteiger partial charge is 0.0384 e. The number of allylic oxidation sites excluding steroid dienone is 5. The van der Waals surface area contributed by atoms with Crippen molar-refractivity contribution in [1.29, 1.82) is 0 Å². The van der Waals surface area contributed by atoms with E-state index in [1.54, 1.807) is 6.08 Å². The van der Waals surface area contributed by atoms with Crippen molar-refractivity contribution < 1.29 is 0 Å². The normalized spacial score (nSPS) is 12.8. The number of hydrogen-bond donors (Lipinski definition) is 1. The highest BCUT2D eigenvalue weighted by Crippen LogP contribution is 2.12. The van der Waals surface area contributed by atoms with Crippen LogP contribution in [0.4, 0.5) is 0 Å². The minimum absolute atomic E-state index is 0.687. The van der Waals surface area contributed by atoms with Gasteiger partial charge in [-0.2, -0.15) is 0 Å². The lowest BCUT2D eigenvalue weighted by Gasteiger charge is -2.03. The molecule has 0 saturated heterocycles. The summed E-state index contributed by atoms with van der Waals surface area (Å²) in [6, 6.07) is 0. The molecule has 66 valence electrons. The lowest BCUT2D eigenvalue weighted by atomic mass is 10.1. The van der Waals surface area contributed by atoms with Crippen molar-refractivity contribution in [3.63, 3.8) is 0 Å². The molecule has 0 aliphatic rings. The Morgan fingerprint density at radius 1 is 1.50 bits per heavy atom. The van der Waals surface area contributed by atoms with Crippen LogP contribution in [0, 0.1) is 0 Å². The fourth-order valence-corrected chi connectivity index (χ4v) is 0.831. The topological polar surface area (TPSA) is 26.0 Å². The maximum atomic E-state index is 5.71. The molecule has 0 amide bonds. The lowest BCUT2D eigenvalue weighted by Crippen LogP contribution is -1.98. The average molecular weight is 163 g/mol. The first kappa shape index (κ1) is 10.8. The maximum Gasteiger partial charge on any atom is 0.0384 e. The van der Waals surface area contributed by atoms with Crippen molar-refractivity contribution in [3.05, 3.63) is 48.2 Å². The number of rotatable bonds is 4. The van der Waals surface area contributed by atoms with Crippen LogP contribution in [-0.4, -0.2) is 0 Å². The molecular formula is C11H17N. The molecule has 0 aromatic rings. The van der Waals surface area contributed by atoms with Crippen molar-refractivity contribution in [1.82, 2.24) is 0 Å². The summed E-state index contributed by atoms with van der Waals surface area (Å²) in [6.07, 6.45) is 6.69. The molecule has 0 fully saturated rings. The third kappa shape index (κ3) is 3.24. The first-order valence-electron chi connectivity index (χ1n) is 4.08. The molecule has 0 atom stereocenters. The van der Waals surface area contributed by atoms with E-state index in [-0.39, 0.29) is 0 Å². The zero-order chi connectivity index (χ0) is 9.56. The van der Waals surface area contributed by atoms with Crippen LogP contribution in [0.25, 0.3) is 0 Å². The quantitative estimate of drug-likeness (QED) is 0.633. The predicted molar refractivity (Wildman–Crippen MR) is 55.7 cm³/mol. The minimum atomic E-state index is 0.687. The first-order chi connectivity index (χ1) is 5.63. The highest BCUT2D eigenvalue weighted by atomic mass is 14.6. The molecule has 0 saturated carbocycles. The molecule has 1 nitrogen and oxygen atoms in total. The van der Waals surface area contributed by atoms with E-state index in [2.05, 4.69) is 26.2 Å². The van der Waals surface area contributed by atoms with Crippen LogP contribution in [0.3, 0.4) is 0 Å². The SMILES string of the molecule is C=C/C(N)=C(\C=C/CC)C(=C)C. The monoisotopic (exact) mass is 163 g/mol. The highest BCUT2D eigenvalue weighted by molar-refractivity contribution is 5.43. The summed E-state index contributed by atoms with van der Waals surface area (Å²) in [5, 5.41) is 0. The summed E-state index contributed by atoms with van der Waals surface area (Å²) in [5.41, 5.74) is 8.34. The van der Waals surface area contributed by atoms with Crippen LogP contribution in [0.1, 0.15) is 20.3 Å². The third-order valence-electron chi connectivity index (χ3n) is 1.51. The van der Waals surface area contributed by atoms with Crippen LogP contribution in [0.5, 0.6) is 0 Å². The second-order valence-corrected chi connectivity index (χ2v) is 2.66. The number of hydrogen-bond acceptors (Lipinski definition) is 1. The molecule has 0 rings (SSSR count). The molecule has 0 aliphatic carbocycles. The van der Waals surface area contributed by atoms with E-state index in [9.17, 15) is 0 Å². The van der Waals surface area contributed by atoms with Gasteiger partial charge >= 0.3 is 0 Å². The summed E-state index contributed by atoms with van der Waals surface area (Å²) in [5.74, 6) is 0. The molecule has 0 spiro atoms. The van der Waals surface area contributed by atoms with Gasteiger partial charge in [0.1, 0.15) is 0 Å². The molecule has 0 aromatic heterocycles. The largest absolute Gasteiger partial charge is 0.398 e. The summed E-state index contributed by atoms with van der Waals surface area (Å²) in [6.45, 7) is 11.5. The van der Waals surface area contributed by atoms with Crippen LogP contribution < -0.4 is 5.73 Å². The summed E-state index contributed by atoms with van der Waals surface area (Å²) < 4.78 is 0. The highest BCUT2D eigenvalue weighted by Gasteiger charge is 1.96. The zero-order valence-corrected chi connectivity index (χ0v) is 7.93. The minimum Gasteiger partial charge on any atom is -0.398 e. The van der Waals surface area contributed by atoms with Gasteiger partial charge in [-0.05, 0) is 30.6 Å². The molecule has 0 radical (unpaired) electrons. The van der Waals surface area contributed by atoms with Gasteiger partial charge in [0.2, 0.25) is 0 Å². The molecule has 0 unspecified atom stereocenters. The van der Waals surface area contributed by atoms with Gasteiger partial charge in [0, 0.05) is 5.70 Å². The first-order valence-corrected chi connectivity index (χ1v) is 4.08. The van der Waals surface area contributed by atoms with Crippen LogP contribution in [-0.2, 0) is 0 Å². The van der Waals surface area contributed by atoms with Gasteiger partial charge in [-0.15, -0.1) is 0 Å². The van der Waals surface area contributed by atoms with E-state index in [0.29, 0.717) is 5.70 Å². The molecule has 1 heteroatoms. The van der Waals surface area contributed by atoms with E-state index in [1.165, 1.54) is 0 Å². The Kier molecular flexibility index (Phi) is 4.86. The second-order valence-electron chi connectivity index (χ2n) is 2.66. The molecule has 0 aromatic carbocycles. The van der Waals surface area contributed by atoms with Gasteiger partial charge in [-0.25, -0.2) is 0 Å². The maximum absolute atomic E-state index is 5.71. The van der Waals surface area contributed by atoms with E-state index in [4.69, 9.17) is 5.73 Å². The van der Waals surface area contributed by atoms with Gasteiger partial charge in [0.15, 0.2) is 0 Å². The fourth-order valence-electron chi connectivity index (χ4n) is 0.831. The van der Waals surface area contributed by atoms with Crippen LogP contribution in [0.15, 0.2) is 48.2 Å². The fraction of sp³-hybridized carbons (Fsp3) is 0.273. The number of nitrogens with two attached hydrogens (primary N) is 1. The standard InChI is InChI=1S/C11H17N/c1-5-7-8-10(9(3)4)11(12)6-2/h6-8H,2-3,5,12H2,1,4H3/b8-7-,11-10-. The Labute approximate surface area is 75.0 Å². The molecule has 0 heterocycles. The van der Waals surface area contributed by atoms with Gasteiger partial charge < -0.3 is 5.73 Å². The molecular weight excluding hydrogens is 146 g/mol. The van der Waals surface area contributed by atoms with Gasteiger partial charge in [-0.3, -0.25) is 0 Å². The van der Waals surface area contributed by atoms with Gasteiger partial charge in [0.05, 0.1) is 0 Å². The van der Waals surface area contributed by atoms with Crippen molar-refractivity contribution in [3.8, 4) is 0 Å². The average Bonchev–Trinajstić information content (AvgIpc) is 2.04. The van der Waals surface area contributed by atoms with E-state index < -0.39 is 0 Å². The van der Waals surface area contributed by atoms with Gasteiger partial charge in [-0.1, -0.05) is 32.2 Å². The van der Waals surface area contributed by atoms with Crippen molar-refractivity contribution in [2.24, 2.45) is 5.73 Å². The summed E-state index contributed by atoms with van der Waals surface area (Å²) in [4.78, 5) is 0. The van der Waals surface area contributed by atoms with Crippen LogP contribution in [0.2, 0.25) is 0 Å². The molecule has 0 bridgehead atoms. The van der Waals surface area contributed by atoms with E-state index >= 15 is 0 Å². The summed E-state index contributed by atoms with van der Waals surface area (Å²) >= 11 is 0. The Morgan fingerprint density at radius 3 is 2.42 bits per heavy atom. The molecule has 12 heavy (non-hydrogen) atoms. The predicted octanol–water partition coefficient (Wildman–Crippen LogP) is 2.93.